The first-order chi connectivity index (χ1) is 14.4. The molecule has 0 spiro atoms. The van der Waals surface area contributed by atoms with Gasteiger partial charge in [0.05, 0.1) is 25.0 Å². The number of aliphatic hydroxyl groups excluding tert-OH is 1. The minimum Gasteiger partial charge on any atom is -0.511 e. The lowest BCUT2D eigenvalue weighted by Crippen LogP contribution is -2.25. The number of nitrogens with zero attached hydrogens (tertiary/aromatic N) is 1. The summed E-state index contributed by atoms with van der Waals surface area (Å²) < 4.78 is 24.0. The van der Waals surface area contributed by atoms with E-state index in [1.165, 1.54) is 0 Å². The molecule has 1 aromatic carbocycles. The number of benzene rings is 1. The average Bonchev–Trinajstić information content (AvgIpc) is 3.19. The first-order valence-corrected chi connectivity index (χ1v) is 10.5. The third-order valence-corrected chi connectivity index (χ3v) is 5.89. The number of hydrogen-bond acceptors (Lipinski definition) is 6. The number of alkyl halides is 1. The second kappa shape index (κ2) is 9.49. The van der Waals surface area contributed by atoms with Crippen LogP contribution in [-0.4, -0.2) is 43.6 Å². The molecule has 0 saturated carbocycles. The van der Waals surface area contributed by atoms with Crippen LogP contribution in [0.25, 0.3) is 0 Å². The van der Waals surface area contributed by atoms with Gasteiger partial charge in [-0.25, -0.2) is 4.39 Å². The van der Waals surface area contributed by atoms with E-state index in [2.05, 4.69) is 12.1 Å². The summed E-state index contributed by atoms with van der Waals surface area (Å²) in [5.74, 6) is 1.04. The fraction of sp³-hybridized carbons (Fsp3) is 0.565. The zero-order valence-electron chi connectivity index (χ0n) is 18.1. The maximum Gasteiger partial charge on any atom is 0.168 e. The zero-order valence-corrected chi connectivity index (χ0v) is 18.1. The van der Waals surface area contributed by atoms with Gasteiger partial charge in [-0.3, -0.25) is 4.79 Å². The van der Waals surface area contributed by atoms with Crippen LogP contribution in [0.2, 0.25) is 0 Å². The Morgan fingerprint density at radius 3 is 2.70 bits per heavy atom. The standard InChI is InChI=1S/C23H30FNO5/c1-5-6-17(25-30-10-8-24)21-18(26)11-15(12-19(21)27)20-22(28-4)14(3)13(2)16-7-9-29-23(16)20/h15,26H,5-12H2,1-4H3. The number of hydrogen-bond donors (Lipinski definition) is 1. The van der Waals surface area contributed by atoms with Gasteiger partial charge < -0.3 is 19.4 Å². The average molecular weight is 419 g/mol. The van der Waals surface area contributed by atoms with E-state index in [-0.39, 0.29) is 42.5 Å². The number of halogens is 1. The Morgan fingerprint density at radius 1 is 1.30 bits per heavy atom. The maximum absolute atomic E-state index is 13.1. The third kappa shape index (κ3) is 4.02. The molecule has 1 aromatic rings. The lowest BCUT2D eigenvalue weighted by atomic mass is 9.78. The Bertz CT molecular complexity index is 887. The van der Waals surface area contributed by atoms with Crippen molar-refractivity contribution in [2.75, 3.05) is 27.0 Å². The minimum atomic E-state index is -0.665. The predicted octanol–water partition coefficient (Wildman–Crippen LogP) is 4.65. The zero-order chi connectivity index (χ0) is 21.8. The molecule has 0 bridgehead atoms. The lowest BCUT2D eigenvalue weighted by molar-refractivity contribution is -0.116. The van der Waals surface area contributed by atoms with Crippen LogP contribution in [0.5, 0.6) is 11.5 Å². The normalized spacial score (nSPS) is 19.0. The molecule has 0 aromatic heterocycles. The number of allylic oxidation sites excluding steroid dienone is 2. The first-order valence-electron chi connectivity index (χ1n) is 10.5. The Hall–Kier alpha value is -2.57. The molecule has 1 aliphatic carbocycles. The second-order valence-corrected chi connectivity index (χ2v) is 7.76. The molecule has 3 rings (SSSR count). The number of rotatable bonds is 8. The molecular formula is C23H30FNO5. The van der Waals surface area contributed by atoms with Gasteiger partial charge in [0.25, 0.3) is 0 Å². The van der Waals surface area contributed by atoms with Crippen LogP contribution >= 0.6 is 0 Å². The van der Waals surface area contributed by atoms with Crippen LogP contribution in [0, 0.1) is 13.8 Å². The largest absolute Gasteiger partial charge is 0.511 e. The van der Waals surface area contributed by atoms with E-state index in [9.17, 15) is 14.3 Å². The summed E-state index contributed by atoms with van der Waals surface area (Å²) >= 11 is 0. The summed E-state index contributed by atoms with van der Waals surface area (Å²) in [6.45, 7) is 5.77. The molecule has 6 nitrogen and oxygen atoms in total. The molecule has 0 amide bonds. The van der Waals surface area contributed by atoms with Crippen LogP contribution in [0.3, 0.4) is 0 Å². The Balaban J connectivity index is 2.02. The van der Waals surface area contributed by atoms with E-state index in [0.29, 0.717) is 18.7 Å². The number of Topliss-reactive ketones (excluding diaryl/α,β-unsaturated/α-hetero) is 1. The fourth-order valence-electron chi connectivity index (χ4n) is 4.43. The van der Waals surface area contributed by atoms with E-state index in [1.54, 1.807) is 7.11 Å². The van der Waals surface area contributed by atoms with Crippen molar-refractivity contribution in [1.82, 2.24) is 0 Å². The van der Waals surface area contributed by atoms with Gasteiger partial charge in [0.2, 0.25) is 0 Å². The second-order valence-electron chi connectivity index (χ2n) is 7.76. The molecule has 2 aliphatic rings. The topological polar surface area (TPSA) is 77.3 Å². The Kier molecular flexibility index (Phi) is 7.00. The molecule has 1 aliphatic heterocycles. The van der Waals surface area contributed by atoms with Gasteiger partial charge in [0, 0.05) is 36.3 Å². The number of fused-ring (bicyclic) bond motifs is 1. The maximum atomic E-state index is 13.1. The molecule has 1 heterocycles. The predicted molar refractivity (Wildman–Crippen MR) is 113 cm³/mol. The summed E-state index contributed by atoms with van der Waals surface area (Å²) in [5.41, 5.74) is 4.76. The Morgan fingerprint density at radius 2 is 2.07 bits per heavy atom. The molecule has 1 N–H and O–H groups in total. The minimum absolute atomic E-state index is 0.0145. The van der Waals surface area contributed by atoms with Crippen LogP contribution < -0.4 is 9.47 Å². The molecule has 164 valence electrons. The summed E-state index contributed by atoms with van der Waals surface area (Å²) in [7, 11) is 1.62. The van der Waals surface area contributed by atoms with Gasteiger partial charge >= 0.3 is 0 Å². The van der Waals surface area contributed by atoms with Gasteiger partial charge in [-0.1, -0.05) is 18.5 Å². The van der Waals surface area contributed by atoms with Crippen molar-refractivity contribution >= 4 is 11.5 Å². The molecule has 0 saturated heterocycles. The molecule has 30 heavy (non-hydrogen) atoms. The van der Waals surface area contributed by atoms with Crippen molar-refractivity contribution in [2.24, 2.45) is 5.16 Å². The number of methoxy groups -OCH3 is 1. The molecular weight excluding hydrogens is 389 g/mol. The summed E-state index contributed by atoms with van der Waals surface area (Å²) in [6.07, 6.45) is 2.50. The van der Waals surface area contributed by atoms with Crippen molar-refractivity contribution in [3.05, 3.63) is 33.6 Å². The highest BCUT2D eigenvalue weighted by Gasteiger charge is 2.37. The summed E-state index contributed by atoms with van der Waals surface area (Å²) in [6, 6.07) is 0. The van der Waals surface area contributed by atoms with Gasteiger partial charge in [-0.15, -0.1) is 0 Å². The molecule has 7 heteroatoms. The number of aliphatic hydroxyl groups is 1. The van der Waals surface area contributed by atoms with Gasteiger partial charge in [-0.05, 0) is 31.4 Å². The van der Waals surface area contributed by atoms with Gasteiger partial charge in [-0.2, -0.15) is 0 Å². The van der Waals surface area contributed by atoms with Crippen molar-refractivity contribution in [3.63, 3.8) is 0 Å². The summed E-state index contributed by atoms with van der Waals surface area (Å²) in [4.78, 5) is 18.0. The number of ketones is 1. The SMILES string of the molecule is CCCC(=NOCCF)C1=C(O)CC(c2c(OC)c(C)c(C)c3c2OCC3)CC1=O. The van der Waals surface area contributed by atoms with E-state index in [1.807, 2.05) is 13.8 Å². The van der Waals surface area contributed by atoms with E-state index in [4.69, 9.17) is 14.3 Å². The number of oxime groups is 1. The summed E-state index contributed by atoms with van der Waals surface area (Å²) in [5, 5.41) is 14.8. The van der Waals surface area contributed by atoms with Crippen molar-refractivity contribution in [3.8, 4) is 11.5 Å². The van der Waals surface area contributed by atoms with Crippen LogP contribution in [0.4, 0.5) is 4.39 Å². The lowest BCUT2D eigenvalue weighted by Gasteiger charge is -2.28. The van der Waals surface area contributed by atoms with Crippen LogP contribution in [0.15, 0.2) is 16.5 Å². The fourth-order valence-corrected chi connectivity index (χ4v) is 4.43. The monoisotopic (exact) mass is 419 g/mol. The smallest absolute Gasteiger partial charge is 0.168 e. The molecule has 1 atom stereocenters. The number of carbonyl (C=O) groups excluding carboxylic acids is 1. The number of carbonyl (C=O) groups is 1. The van der Waals surface area contributed by atoms with Crippen molar-refractivity contribution < 1.29 is 28.6 Å². The number of ether oxygens (including phenoxy) is 2. The van der Waals surface area contributed by atoms with Crippen LogP contribution in [-0.2, 0) is 16.1 Å². The van der Waals surface area contributed by atoms with Crippen molar-refractivity contribution in [2.45, 2.75) is 58.8 Å². The van der Waals surface area contributed by atoms with Crippen LogP contribution in [0.1, 0.15) is 60.8 Å². The van der Waals surface area contributed by atoms with Crippen molar-refractivity contribution in [1.29, 1.82) is 0 Å². The molecule has 0 fully saturated rings. The van der Waals surface area contributed by atoms with E-state index in [0.717, 1.165) is 46.6 Å². The third-order valence-electron chi connectivity index (χ3n) is 5.89. The van der Waals surface area contributed by atoms with E-state index >= 15 is 0 Å². The van der Waals surface area contributed by atoms with E-state index < -0.39 is 6.67 Å². The highest BCUT2D eigenvalue weighted by molar-refractivity contribution is 6.23. The first kappa shape index (κ1) is 22.1. The highest BCUT2D eigenvalue weighted by atomic mass is 19.1. The quantitative estimate of drug-likeness (QED) is 0.377. The van der Waals surface area contributed by atoms with Gasteiger partial charge in [0.15, 0.2) is 5.78 Å². The molecule has 0 radical (unpaired) electrons. The Labute approximate surface area is 176 Å². The van der Waals surface area contributed by atoms with Gasteiger partial charge in [0.1, 0.15) is 30.5 Å². The molecule has 1 unspecified atom stereocenters. The highest BCUT2D eigenvalue weighted by Crippen LogP contribution is 2.49.